The van der Waals surface area contributed by atoms with Crippen LogP contribution in [-0.4, -0.2) is 6.29 Å². The number of hydrogen-bond acceptors (Lipinski definition) is 2. The molecule has 46 valence electrons. The number of unbranched alkanes of at least 4 members (excludes halogenated alkanes) is 1. The van der Waals surface area contributed by atoms with Gasteiger partial charge in [0.1, 0.15) is 0 Å². The van der Waals surface area contributed by atoms with Gasteiger partial charge in [-0.1, -0.05) is 19.4 Å². The number of rotatable bonds is 3. The molecule has 1 nitrogen and oxygen atoms in total. The maximum absolute atomic E-state index is 9.87. The molecule has 0 rings (SSSR count). The van der Waals surface area contributed by atoms with Gasteiger partial charge in [-0.15, -0.1) is 12.6 Å². The van der Waals surface area contributed by atoms with Crippen molar-refractivity contribution in [2.24, 2.45) is 0 Å². The summed E-state index contributed by atoms with van der Waals surface area (Å²) >= 11 is 3.86. The van der Waals surface area contributed by atoms with Gasteiger partial charge in [0.25, 0.3) is 0 Å². The average molecular weight is 130 g/mol. The van der Waals surface area contributed by atoms with Gasteiger partial charge >= 0.3 is 0 Å². The van der Waals surface area contributed by atoms with Crippen molar-refractivity contribution in [1.82, 2.24) is 0 Å². The van der Waals surface area contributed by atoms with Crippen LogP contribution in [0.2, 0.25) is 0 Å². The highest BCUT2D eigenvalue weighted by molar-refractivity contribution is 7.85. The summed E-state index contributed by atoms with van der Waals surface area (Å²) in [5.74, 6) is 0. The number of carbonyl (C=O) groups excluding carboxylic acids is 1. The van der Waals surface area contributed by atoms with Gasteiger partial charge in [0.15, 0.2) is 6.29 Å². The Labute approximate surface area is 55.2 Å². The predicted octanol–water partition coefficient (Wildman–Crippen LogP) is 1.80. The van der Waals surface area contributed by atoms with E-state index in [2.05, 4.69) is 19.6 Å². The van der Waals surface area contributed by atoms with Gasteiger partial charge in [0.05, 0.1) is 0 Å². The van der Waals surface area contributed by atoms with E-state index in [4.69, 9.17) is 0 Å². The zero-order valence-electron chi connectivity index (χ0n) is 4.92. The van der Waals surface area contributed by atoms with Crippen LogP contribution in [0.4, 0.5) is 0 Å². The van der Waals surface area contributed by atoms with E-state index in [0.29, 0.717) is 4.91 Å². The van der Waals surface area contributed by atoms with Gasteiger partial charge in [0, 0.05) is 4.91 Å². The molecule has 0 aromatic rings. The fourth-order valence-electron chi connectivity index (χ4n) is 0.340. The fraction of sp³-hybridized carbons (Fsp3) is 0.500. The summed E-state index contributed by atoms with van der Waals surface area (Å²) in [7, 11) is 0. The molecule has 0 bridgehead atoms. The Morgan fingerprint density at radius 3 is 2.75 bits per heavy atom. The second kappa shape index (κ2) is 4.91. The molecule has 0 aliphatic heterocycles. The Bertz CT molecular complexity index is 96.7. The number of allylic oxidation sites excluding steroid dienone is 2. The first kappa shape index (κ1) is 7.76. The van der Waals surface area contributed by atoms with Crippen molar-refractivity contribution in [3.05, 3.63) is 11.0 Å². The highest BCUT2D eigenvalue weighted by Crippen LogP contribution is 1.98. The van der Waals surface area contributed by atoms with Crippen molar-refractivity contribution >= 4 is 18.9 Å². The third-order valence-electron chi connectivity index (χ3n) is 0.763. The predicted molar refractivity (Wildman–Crippen MR) is 38.0 cm³/mol. The van der Waals surface area contributed by atoms with E-state index < -0.39 is 0 Å². The molecule has 0 fully saturated rings. The third kappa shape index (κ3) is 3.93. The molecule has 0 amide bonds. The standard InChI is InChI=1S/C6H10OS/c1-2-3-4-6(8)5-7/h4-5,8H,2-3H2,1H3/b6-4-. The zero-order valence-corrected chi connectivity index (χ0v) is 5.82. The van der Waals surface area contributed by atoms with E-state index in [1.54, 1.807) is 0 Å². The molecule has 8 heavy (non-hydrogen) atoms. The van der Waals surface area contributed by atoms with Crippen LogP contribution in [-0.2, 0) is 4.79 Å². The summed E-state index contributed by atoms with van der Waals surface area (Å²) in [5.41, 5.74) is 0. The first-order valence-corrected chi connectivity index (χ1v) is 3.10. The number of thiol groups is 1. The first-order chi connectivity index (χ1) is 3.81. The summed E-state index contributed by atoms with van der Waals surface area (Å²) in [6, 6.07) is 0. The summed E-state index contributed by atoms with van der Waals surface area (Å²) < 4.78 is 0. The van der Waals surface area contributed by atoms with E-state index in [-0.39, 0.29) is 0 Å². The molecule has 0 N–H and O–H groups in total. The molecule has 0 aromatic heterocycles. The zero-order chi connectivity index (χ0) is 6.41. The maximum Gasteiger partial charge on any atom is 0.155 e. The maximum atomic E-state index is 9.87. The van der Waals surface area contributed by atoms with Crippen molar-refractivity contribution in [3.63, 3.8) is 0 Å². The number of aldehydes is 1. The summed E-state index contributed by atoms with van der Waals surface area (Å²) in [5, 5.41) is 0. The lowest BCUT2D eigenvalue weighted by Gasteiger charge is -1.83. The second-order valence-corrected chi connectivity index (χ2v) is 2.05. The lowest BCUT2D eigenvalue weighted by molar-refractivity contribution is -0.104. The van der Waals surface area contributed by atoms with E-state index in [1.165, 1.54) is 0 Å². The SMILES string of the molecule is CCC/C=C(\S)C=O. The van der Waals surface area contributed by atoms with Crippen LogP contribution in [0.15, 0.2) is 11.0 Å². The van der Waals surface area contributed by atoms with Crippen molar-refractivity contribution in [2.75, 3.05) is 0 Å². The van der Waals surface area contributed by atoms with Gasteiger partial charge in [-0.05, 0) is 6.42 Å². The smallest absolute Gasteiger partial charge is 0.155 e. The van der Waals surface area contributed by atoms with Crippen LogP contribution < -0.4 is 0 Å². The highest BCUT2D eigenvalue weighted by atomic mass is 32.1. The summed E-state index contributed by atoms with van der Waals surface area (Å²) in [6.07, 6.45) is 4.57. The molecular formula is C6H10OS. The Balaban J connectivity index is 3.40. The Hall–Kier alpha value is -0.240. The van der Waals surface area contributed by atoms with Crippen molar-refractivity contribution < 1.29 is 4.79 Å². The van der Waals surface area contributed by atoms with E-state index in [1.807, 2.05) is 6.08 Å². The van der Waals surface area contributed by atoms with Crippen LogP contribution in [0.1, 0.15) is 19.8 Å². The highest BCUT2D eigenvalue weighted by Gasteiger charge is 1.80. The molecule has 0 heterocycles. The largest absolute Gasteiger partial charge is 0.297 e. The summed E-state index contributed by atoms with van der Waals surface area (Å²) in [6.45, 7) is 2.06. The Morgan fingerprint density at radius 1 is 1.75 bits per heavy atom. The van der Waals surface area contributed by atoms with Gasteiger partial charge in [-0.3, -0.25) is 4.79 Å². The second-order valence-electron chi connectivity index (χ2n) is 1.54. The Kier molecular flexibility index (Phi) is 4.76. The molecule has 0 unspecified atom stereocenters. The third-order valence-corrected chi connectivity index (χ3v) is 1.05. The minimum atomic E-state index is 0.534. The average Bonchev–Trinajstić information content (AvgIpc) is 1.83. The molecule has 0 aromatic carbocycles. The van der Waals surface area contributed by atoms with Crippen LogP contribution in [0.3, 0.4) is 0 Å². The minimum absolute atomic E-state index is 0.534. The van der Waals surface area contributed by atoms with Crippen LogP contribution in [0, 0.1) is 0 Å². The van der Waals surface area contributed by atoms with E-state index in [0.717, 1.165) is 19.1 Å². The van der Waals surface area contributed by atoms with E-state index in [9.17, 15) is 4.79 Å². The molecule has 0 saturated carbocycles. The fourth-order valence-corrected chi connectivity index (χ4v) is 0.469. The molecule has 0 spiro atoms. The molecule has 0 saturated heterocycles. The van der Waals surface area contributed by atoms with Gasteiger partial charge in [0.2, 0.25) is 0 Å². The number of carbonyl (C=O) groups is 1. The Morgan fingerprint density at radius 2 is 2.38 bits per heavy atom. The van der Waals surface area contributed by atoms with E-state index >= 15 is 0 Å². The van der Waals surface area contributed by atoms with Crippen LogP contribution in [0.5, 0.6) is 0 Å². The molecule has 0 radical (unpaired) electrons. The molecule has 0 atom stereocenters. The lowest BCUT2D eigenvalue weighted by atomic mass is 10.3. The first-order valence-electron chi connectivity index (χ1n) is 2.65. The van der Waals surface area contributed by atoms with Gasteiger partial charge in [-0.2, -0.15) is 0 Å². The van der Waals surface area contributed by atoms with Crippen LogP contribution >= 0.6 is 12.6 Å². The minimum Gasteiger partial charge on any atom is -0.297 e. The van der Waals surface area contributed by atoms with Crippen molar-refractivity contribution in [1.29, 1.82) is 0 Å². The summed E-state index contributed by atoms with van der Waals surface area (Å²) in [4.78, 5) is 10.4. The lowest BCUT2D eigenvalue weighted by Crippen LogP contribution is -1.70. The van der Waals surface area contributed by atoms with Crippen LogP contribution in [0.25, 0.3) is 0 Å². The quantitative estimate of drug-likeness (QED) is 0.350. The molecular weight excluding hydrogens is 120 g/mol. The van der Waals surface area contributed by atoms with Crippen molar-refractivity contribution in [3.8, 4) is 0 Å². The molecule has 2 heteroatoms. The molecule has 0 aliphatic carbocycles. The van der Waals surface area contributed by atoms with Crippen molar-refractivity contribution in [2.45, 2.75) is 19.8 Å². The van der Waals surface area contributed by atoms with Gasteiger partial charge in [-0.25, -0.2) is 0 Å². The molecule has 0 aliphatic rings. The monoisotopic (exact) mass is 130 g/mol. The topological polar surface area (TPSA) is 17.1 Å². The number of hydrogen-bond donors (Lipinski definition) is 1. The van der Waals surface area contributed by atoms with Gasteiger partial charge < -0.3 is 0 Å². The normalized spacial score (nSPS) is 11.5.